The fourth-order valence-corrected chi connectivity index (χ4v) is 2.10. The van der Waals surface area contributed by atoms with Gasteiger partial charge in [-0.15, -0.1) is 0 Å². The first-order valence-corrected chi connectivity index (χ1v) is 6.20. The summed E-state index contributed by atoms with van der Waals surface area (Å²) in [4.78, 5) is 0. The first-order chi connectivity index (χ1) is 8.66. The maximum atomic E-state index is 13.1. The molecule has 0 aliphatic carbocycles. The van der Waals surface area contributed by atoms with E-state index >= 15 is 0 Å². The molecular formula is C16H18FN. The van der Waals surface area contributed by atoms with Crippen LogP contribution in [0.1, 0.15) is 29.7 Å². The van der Waals surface area contributed by atoms with Gasteiger partial charge >= 0.3 is 0 Å². The number of aryl methyl sites for hydroxylation is 1. The van der Waals surface area contributed by atoms with E-state index in [1.807, 2.05) is 18.2 Å². The zero-order valence-electron chi connectivity index (χ0n) is 10.8. The molecule has 1 unspecified atom stereocenters. The van der Waals surface area contributed by atoms with Crippen LogP contribution in [-0.4, -0.2) is 0 Å². The predicted molar refractivity (Wildman–Crippen MR) is 72.8 cm³/mol. The number of hydrogen-bond acceptors (Lipinski definition) is 1. The highest BCUT2D eigenvalue weighted by atomic mass is 19.1. The second-order valence-electron chi connectivity index (χ2n) is 4.59. The van der Waals surface area contributed by atoms with Gasteiger partial charge in [0.1, 0.15) is 5.82 Å². The maximum absolute atomic E-state index is 13.1. The van der Waals surface area contributed by atoms with E-state index in [0.29, 0.717) is 6.54 Å². The Hall–Kier alpha value is -1.67. The Labute approximate surface area is 108 Å². The number of benzene rings is 2. The van der Waals surface area contributed by atoms with Crippen molar-refractivity contribution < 1.29 is 4.39 Å². The summed E-state index contributed by atoms with van der Waals surface area (Å²) in [5, 5.41) is 3.42. The summed E-state index contributed by atoms with van der Waals surface area (Å²) in [7, 11) is 0. The zero-order valence-corrected chi connectivity index (χ0v) is 10.8. The van der Waals surface area contributed by atoms with Gasteiger partial charge in [0.25, 0.3) is 0 Å². The molecule has 1 nitrogen and oxygen atoms in total. The van der Waals surface area contributed by atoms with Crippen molar-refractivity contribution in [3.8, 4) is 0 Å². The first-order valence-electron chi connectivity index (χ1n) is 6.20. The van der Waals surface area contributed by atoms with Gasteiger partial charge in [-0.3, -0.25) is 0 Å². The molecular weight excluding hydrogens is 225 g/mol. The van der Waals surface area contributed by atoms with Crippen LogP contribution in [0.4, 0.5) is 4.39 Å². The highest BCUT2D eigenvalue weighted by Crippen LogP contribution is 2.17. The highest BCUT2D eigenvalue weighted by molar-refractivity contribution is 5.28. The molecule has 0 radical (unpaired) electrons. The molecule has 0 spiro atoms. The van der Waals surface area contributed by atoms with Gasteiger partial charge in [-0.05, 0) is 42.7 Å². The molecule has 0 fully saturated rings. The van der Waals surface area contributed by atoms with Gasteiger partial charge in [-0.25, -0.2) is 4.39 Å². The van der Waals surface area contributed by atoms with Crippen molar-refractivity contribution in [2.75, 3.05) is 0 Å². The second-order valence-corrected chi connectivity index (χ2v) is 4.59. The van der Waals surface area contributed by atoms with Crippen LogP contribution >= 0.6 is 0 Å². The van der Waals surface area contributed by atoms with Gasteiger partial charge in [0.2, 0.25) is 0 Å². The summed E-state index contributed by atoms with van der Waals surface area (Å²) in [5.74, 6) is -0.183. The zero-order chi connectivity index (χ0) is 13.0. The second kappa shape index (κ2) is 5.78. The van der Waals surface area contributed by atoms with Gasteiger partial charge in [-0.1, -0.05) is 36.4 Å². The molecule has 1 N–H and O–H groups in total. The Balaban J connectivity index is 2.00. The summed E-state index contributed by atoms with van der Waals surface area (Å²) >= 11 is 0. The summed E-state index contributed by atoms with van der Waals surface area (Å²) in [6.07, 6.45) is 0. The Bertz CT molecular complexity index is 522. The van der Waals surface area contributed by atoms with Crippen molar-refractivity contribution in [1.82, 2.24) is 5.32 Å². The predicted octanol–water partition coefficient (Wildman–Crippen LogP) is 3.98. The molecule has 94 valence electrons. The number of rotatable bonds is 4. The van der Waals surface area contributed by atoms with Crippen LogP contribution in [0.5, 0.6) is 0 Å². The lowest BCUT2D eigenvalue weighted by Crippen LogP contribution is -2.18. The highest BCUT2D eigenvalue weighted by Gasteiger charge is 2.07. The molecule has 2 aromatic rings. The van der Waals surface area contributed by atoms with E-state index in [2.05, 4.69) is 31.3 Å². The Morgan fingerprint density at radius 3 is 2.61 bits per heavy atom. The van der Waals surface area contributed by atoms with Crippen molar-refractivity contribution >= 4 is 0 Å². The van der Waals surface area contributed by atoms with Crippen molar-refractivity contribution in [3.63, 3.8) is 0 Å². The Morgan fingerprint density at radius 1 is 1.11 bits per heavy atom. The normalized spacial score (nSPS) is 12.4. The summed E-state index contributed by atoms with van der Waals surface area (Å²) in [5.41, 5.74) is 3.53. The van der Waals surface area contributed by atoms with E-state index in [1.54, 1.807) is 12.1 Å². The van der Waals surface area contributed by atoms with Crippen molar-refractivity contribution in [2.24, 2.45) is 0 Å². The third kappa shape index (κ3) is 3.17. The maximum Gasteiger partial charge on any atom is 0.123 e. The number of halogens is 1. The topological polar surface area (TPSA) is 12.0 Å². The molecule has 2 rings (SSSR count). The van der Waals surface area contributed by atoms with Gasteiger partial charge in [-0.2, -0.15) is 0 Å². The lowest BCUT2D eigenvalue weighted by atomic mass is 10.0. The van der Waals surface area contributed by atoms with E-state index in [4.69, 9.17) is 0 Å². The average molecular weight is 243 g/mol. The van der Waals surface area contributed by atoms with Gasteiger partial charge < -0.3 is 5.32 Å². The molecule has 0 aliphatic heterocycles. The van der Waals surface area contributed by atoms with Gasteiger partial charge in [0, 0.05) is 12.6 Å². The number of nitrogens with one attached hydrogen (secondary N) is 1. The number of hydrogen-bond donors (Lipinski definition) is 1. The molecule has 2 aromatic carbocycles. The molecule has 0 aliphatic rings. The lowest BCUT2D eigenvalue weighted by molar-refractivity contribution is 0.567. The largest absolute Gasteiger partial charge is 0.306 e. The van der Waals surface area contributed by atoms with Crippen LogP contribution in [0.2, 0.25) is 0 Å². The average Bonchev–Trinajstić information content (AvgIpc) is 2.37. The molecule has 2 heteroatoms. The van der Waals surface area contributed by atoms with Crippen molar-refractivity contribution in [2.45, 2.75) is 26.4 Å². The Kier molecular flexibility index (Phi) is 4.11. The molecule has 0 heterocycles. The minimum atomic E-state index is -0.183. The lowest BCUT2D eigenvalue weighted by Gasteiger charge is -2.16. The van der Waals surface area contributed by atoms with E-state index in [9.17, 15) is 4.39 Å². The van der Waals surface area contributed by atoms with Crippen LogP contribution in [0, 0.1) is 12.7 Å². The summed E-state index contributed by atoms with van der Waals surface area (Å²) in [6, 6.07) is 15.3. The quantitative estimate of drug-likeness (QED) is 0.856. The van der Waals surface area contributed by atoms with Crippen LogP contribution in [-0.2, 0) is 6.54 Å². The van der Waals surface area contributed by atoms with Crippen LogP contribution in [0.25, 0.3) is 0 Å². The third-order valence-corrected chi connectivity index (χ3v) is 3.16. The molecule has 0 aromatic heterocycles. The molecule has 0 amide bonds. The Morgan fingerprint density at radius 2 is 1.89 bits per heavy atom. The van der Waals surface area contributed by atoms with E-state index < -0.39 is 0 Å². The van der Waals surface area contributed by atoms with Crippen LogP contribution < -0.4 is 5.32 Å². The van der Waals surface area contributed by atoms with Crippen LogP contribution in [0.3, 0.4) is 0 Å². The minimum absolute atomic E-state index is 0.183. The van der Waals surface area contributed by atoms with E-state index in [1.165, 1.54) is 17.2 Å². The van der Waals surface area contributed by atoms with E-state index in [-0.39, 0.29) is 11.9 Å². The fourth-order valence-electron chi connectivity index (χ4n) is 2.10. The standard InChI is InChI=1S/C16H18FN/c1-12-6-3-4-9-16(12)13(2)18-11-14-7-5-8-15(17)10-14/h3-10,13,18H,11H2,1-2H3. The molecule has 1 atom stereocenters. The van der Waals surface area contributed by atoms with Gasteiger partial charge in [0.15, 0.2) is 0 Å². The van der Waals surface area contributed by atoms with Crippen molar-refractivity contribution in [3.05, 3.63) is 71.0 Å². The van der Waals surface area contributed by atoms with Crippen molar-refractivity contribution in [1.29, 1.82) is 0 Å². The fraction of sp³-hybridized carbons (Fsp3) is 0.250. The van der Waals surface area contributed by atoms with E-state index in [0.717, 1.165) is 5.56 Å². The van der Waals surface area contributed by atoms with Crippen LogP contribution in [0.15, 0.2) is 48.5 Å². The summed E-state index contributed by atoms with van der Waals surface area (Å²) in [6.45, 7) is 4.91. The van der Waals surface area contributed by atoms with Gasteiger partial charge in [0.05, 0.1) is 0 Å². The molecule has 0 bridgehead atoms. The molecule has 18 heavy (non-hydrogen) atoms. The first kappa shape index (κ1) is 12.8. The third-order valence-electron chi connectivity index (χ3n) is 3.16. The minimum Gasteiger partial charge on any atom is -0.306 e. The monoisotopic (exact) mass is 243 g/mol. The molecule has 0 saturated carbocycles. The SMILES string of the molecule is Cc1ccccc1C(C)NCc1cccc(F)c1. The molecule has 0 saturated heterocycles. The summed E-state index contributed by atoms with van der Waals surface area (Å²) < 4.78 is 13.1. The smallest absolute Gasteiger partial charge is 0.123 e.